The first-order valence-corrected chi connectivity index (χ1v) is 4.94. The van der Waals surface area contributed by atoms with Crippen LogP contribution in [0.5, 0.6) is 0 Å². The molecule has 1 aromatic carbocycles. The summed E-state index contributed by atoms with van der Waals surface area (Å²) in [5.41, 5.74) is 4.01. The van der Waals surface area contributed by atoms with Crippen LogP contribution in [-0.4, -0.2) is 6.54 Å². The zero-order chi connectivity index (χ0) is 10.4. The van der Waals surface area contributed by atoms with E-state index in [0.29, 0.717) is 0 Å². The molecule has 0 radical (unpaired) electrons. The van der Waals surface area contributed by atoms with Gasteiger partial charge >= 0.3 is 0 Å². The molecule has 74 valence electrons. The minimum absolute atomic E-state index is 0.797. The van der Waals surface area contributed by atoms with Crippen LogP contribution in [0.3, 0.4) is 0 Å². The van der Waals surface area contributed by atoms with E-state index in [-0.39, 0.29) is 0 Å². The highest BCUT2D eigenvalue weighted by atomic mass is 14.8. The van der Waals surface area contributed by atoms with Gasteiger partial charge in [-0.15, -0.1) is 12.3 Å². The van der Waals surface area contributed by atoms with Crippen molar-refractivity contribution in [3.63, 3.8) is 0 Å². The Labute approximate surface area is 86.5 Å². The van der Waals surface area contributed by atoms with Gasteiger partial charge in [0, 0.05) is 19.5 Å². The Morgan fingerprint density at radius 1 is 1.36 bits per heavy atom. The van der Waals surface area contributed by atoms with Gasteiger partial charge in [-0.25, -0.2) is 0 Å². The average Bonchev–Trinajstić information content (AvgIpc) is 2.15. The van der Waals surface area contributed by atoms with E-state index in [1.165, 1.54) is 16.7 Å². The Hall–Kier alpha value is -1.26. The SMILES string of the molecule is C#CCCNCc1ccc(C)cc1C. The second-order valence-electron chi connectivity index (χ2n) is 3.56. The molecule has 0 bridgehead atoms. The van der Waals surface area contributed by atoms with E-state index in [1.807, 2.05) is 0 Å². The van der Waals surface area contributed by atoms with Crippen LogP contribution in [-0.2, 0) is 6.54 Å². The van der Waals surface area contributed by atoms with Crippen molar-refractivity contribution in [1.82, 2.24) is 5.32 Å². The molecule has 1 heteroatoms. The predicted octanol–water partition coefficient (Wildman–Crippen LogP) is 2.42. The maximum atomic E-state index is 5.17. The van der Waals surface area contributed by atoms with Crippen LogP contribution in [0.15, 0.2) is 18.2 Å². The first kappa shape index (κ1) is 10.8. The fraction of sp³-hybridized carbons (Fsp3) is 0.385. The fourth-order valence-electron chi connectivity index (χ4n) is 1.43. The summed E-state index contributed by atoms with van der Waals surface area (Å²) in [5, 5.41) is 3.32. The Kier molecular flexibility index (Phi) is 4.22. The van der Waals surface area contributed by atoms with Gasteiger partial charge in [-0.1, -0.05) is 23.8 Å². The summed E-state index contributed by atoms with van der Waals surface area (Å²) in [4.78, 5) is 0. The van der Waals surface area contributed by atoms with Crippen LogP contribution < -0.4 is 5.32 Å². The molecule has 0 aliphatic rings. The molecule has 0 saturated carbocycles. The van der Waals surface area contributed by atoms with E-state index in [9.17, 15) is 0 Å². The van der Waals surface area contributed by atoms with E-state index in [1.54, 1.807) is 0 Å². The summed E-state index contributed by atoms with van der Waals surface area (Å²) in [6, 6.07) is 6.52. The van der Waals surface area contributed by atoms with Crippen molar-refractivity contribution in [1.29, 1.82) is 0 Å². The van der Waals surface area contributed by atoms with E-state index >= 15 is 0 Å². The molecule has 0 unspecified atom stereocenters. The van der Waals surface area contributed by atoms with Gasteiger partial charge in [0.05, 0.1) is 0 Å². The zero-order valence-electron chi connectivity index (χ0n) is 8.93. The van der Waals surface area contributed by atoms with E-state index in [4.69, 9.17) is 6.42 Å². The second-order valence-corrected chi connectivity index (χ2v) is 3.56. The molecule has 0 atom stereocenters. The minimum Gasteiger partial charge on any atom is -0.312 e. The van der Waals surface area contributed by atoms with Crippen molar-refractivity contribution in [2.75, 3.05) is 6.54 Å². The normalized spacial score (nSPS) is 9.79. The second kappa shape index (κ2) is 5.47. The Balaban J connectivity index is 2.47. The number of aryl methyl sites for hydroxylation is 2. The van der Waals surface area contributed by atoms with Crippen LogP contribution >= 0.6 is 0 Å². The van der Waals surface area contributed by atoms with Crippen LogP contribution in [0.25, 0.3) is 0 Å². The highest BCUT2D eigenvalue weighted by Crippen LogP contribution is 2.09. The third kappa shape index (κ3) is 3.24. The molecule has 1 rings (SSSR count). The molecule has 0 fully saturated rings. The lowest BCUT2D eigenvalue weighted by atomic mass is 10.1. The van der Waals surface area contributed by atoms with Crippen molar-refractivity contribution in [2.45, 2.75) is 26.8 Å². The van der Waals surface area contributed by atoms with Crippen LogP contribution in [0.2, 0.25) is 0 Å². The summed E-state index contributed by atoms with van der Waals surface area (Å²) in [6.07, 6.45) is 5.96. The monoisotopic (exact) mass is 187 g/mol. The topological polar surface area (TPSA) is 12.0 Å². The molecule has 0 heterocycles. The van der Waals surface area contributed by atoms with Crippen molar-refractivity contribution >= 4 is 0 Å². The van der Waals surface area contributed by atoms with Gasteiger partial charge in [0.25, 0.3) is 0 Å². The number of rotatable bonds is 4. The van der Waals surface area contributed by atoms with Crippen LogP contribution in [0, 0.1) is 26.2 Å². The molecule has 1 aromatic rings. The molecular weight excluding hydrogens is 170 g/mol. The number of benzene rings is 1. The van der Waals surface area contributed by atoms with E-state index in [2.05, 4.69) is 43.3 Å². The summed E-state index contributed by atoms with van der Waals surface area (Å²) >= 11 is 0. The lowest BCUT2D eigenvalue weighted by Gasteiger charge is -2.07. The number of nitrogens with one attached hydrogen (secondary N) is 1. The molecule has 1 N–H and O–H groups in total. The summed E-state index contributed by atoms with van der Waals surface area (Å²) in [7, 11) is 0. The van der Waals surface area contributed by atoms with Gasteiger partial charge in [0.2, 0.25) is 0 Å². The predicted molar refractivity (Wildman–Crippen MR) is 61.1 cm³/mol. The molecule has 0 aromatic heterocycles. The van der Waals surface area contributed by atoms with E-state index in [0.717, 1.165) is 19.5 Å². The summed E-state index contributed by atoms with van der Waals surface area (Å²) < 4.78 is 0. The number of terminal acetylenes is 1. The maximum Gasteiger partial charge on any atom is 0.0212 e. The van der Waals surface area contributed by atoms with Crippen molar-refractivity contribution < 1.29 is 0 Å². The Bertz CT molecular complexity index is 334. The van der Waals surface area contributed by atoms with Crippen LogP contribution in [0.1, 0.15) is 23.1 Å². The molecule has 0 amide bonds. The number of hydrogen-bond donors (Lipinski definition) is 1. The Morgan fingerprint density at radius 3 is 2.79 bits per heavy atom. The van der Waals surface area contributed by atoms with Gasteiger partial charge in [-0.3, -0.25) is 0 Å². The molecule has 1 nitrogen and oxygen atoms in total. The first-order valence-electron chi connectivity index (χ1n) is 4.94. The van der Waals surface area contributed by atoms with Crippen molar-refractivity contribution in [2.24, 2.45) is 0 Å². The third-order valence-corrected chi connectivity index (χ3v) is 2.26. The van der Waals surface area contributed by atoms with Gasteiger partial charge in [-0.05, 0) is 25.0 Å². The van der Waals surface area contributed by atoms with Crippen molar-refractivity contribution in [3.8, 4) is 12.3 Å². The number of hydrogen-bond acceptors (Lipinski definition) is 1. The minimum atomic E-state index is 0.797. The summed E-state index contributed by atoms with van der Waals surface area (Å²) in [6.45, 7) is 6.06. The first-order chi connectivity index (χ1) is 6.74. The fourth-order valence-corrected chi connectivity index (χ4v) is 1.43. The highest BCUT2D eigenvalue weighted by molar-refractivity contribution is 5.30. The van der Waals surface area contributed by atoms with Crippen LogP contribution in [0.4, 0.5) is 0 Å². The van der Waals surface area contributed by atoms with E-state index < -0.39 is 0 Å². The Morgan fingerprint density at radius 2 is 2.14 bits per heavy atom. The highest BCUT2D eigenvalue weighted by Gasteiger charge is 1.96. The van der Waals surface area contributed by atoms with Gasteiger partial charge in [0.15, 0.2) is 0 Å². The van der Waals surface area contributed by atoms with Crippen molar-refractivity contribution in [3.05, 3.63) is 34.9 Å². The average molecular weight is 187 g/mol. The lowest BCUT2D eigenvalue weighted by molar-refractivity contribution is 0.698. The molecule has 14 heavy (non-hydrogen) atoms. The third-order valence-electron chi connectivity index (χ3n) is 2.26. The molecule has 0 aliphatic carbocycles. The van der Waals surface area contributed by atoms with Gasteiger partial charge < -0.3 is 5.32 Å². The van der Waals surface area contributed by atoms with Gasteiger partial charge in [0.1, 0.15) is 0 Å². The quantitative estimate of drug-likeness (QED) is 0.564. The molecule has 0 spiro atoms. The zero-order valence-corrected chi connectivity index (χ0v) is 8.93. The maximum absolute atomic E-state index is 5.17. The molecular formula is C13H17N. The molecule has 0 saturated heterocycles. The smallest absolute Gasteiger partial charge is 0.0212 e. The molecule has 0 aliphatic heterocycles. The standard InChI is InChI=1S/C13H17N/c1-4-5-8-14-10-13-7-6-11(2)9-12(13)3/h1,6-7,9,14H,5,8,10H2,2-3H3. The largest absolute Gasteiger partial charge is 0.312 e. The lowest BCUT2D eigenvalue weighted by Crippen LogP contribution is -2.14. The summed E-state index contributed by atoms with van der Waals surface area (Å²) in [5.74, 6) is 2.62. The van der Waals surface area contributed by atoms with Gasteiger partial charge in [-0.2, -0.15) is 0 Å².